The standard InChI is InChI=1S/C5H7N2S/c1-2-7-4-3-6-5(7)8/h3-4H,2H2,1H3. The topological polar surface area (TPSA) is 17.8 Å². The normalized spacial score (nSPS) is 9.62. The van der Waals surface area contributed by atoms with Gasteiger partial charge >= 0.3 is 0 Å². The largest absolute Gasteiger partial charge is 0.323 e. The summed E-state index contributed by atoms with van der Waals surface area (Å²) in [5, 5.41) is 0.674. The molecule has 0 unspecified atom stereocenters. The first-order valence-corrected chi connectivity index (χ1v) is 2.93. The Hall–Kier alpha value is -0.570. The minimum atomic E-state index is 0.674. The molecule has 0 spiro atoms. The molecule has 0 aliphatic heterocycles. The average molecular weight is 127 g/mol. The molecular weight excluding hydrogens is 120 g/mol. The number of imidazole rings is 1. The summed E-state index contributed by atoms with van der Waals surface area (Å²) in [6, 6.07) is 0. The van der Waals surface area contributed by atoms with E-state index in [-0.39, 0.29) is 0 Å². The van der Waals surface area contributed by atoms with Crippen molar-refractivity contribution in [3.05, 3.63) is 12.4 Å². The van der Waals surface area contributed by atoms with Crippen LogP contribution in [-0.4, -0.2) is 9.55 Å². The van der Waals surface area contributed by atoms with E-state index < -0.39 is 0 Å². The van der Waals surface area contributed by atoms with E-state index in [1.54, 1.807) is 6.20 Å². The molecule has 0 amide bonds. The van der Waals surface area contributed by atoms with Gasteiger partial charge in [-0.25, -0.2) is 4.98 Å². The van der Waals surface area contributed by atoms with Crippen LogP contribution in [-0.2, 0) is 6.54 Å². The van der Waals surface area contributed by atoms with Crippen LogP contribution >= 0.6 is 12.6 Å². The van der Waals surface area contributed by atoms with Crippen molar-refractivity contribution in [2.24, 2.45) is 0 Å². The summed E-state index contributed by atoms with van der Waals surface area (Å²) in [7, 11) is 0. The van der Waals surface area contributed by atoms with Crippen LogP contribution in [0.25, 0.3) is 0 Å². The van der Waals surface area contributed by atoms with Gasteiger partial charge in [0.1, 0.15) is 0 Å². The zero-order chi connectivity index (χ0) is 5.98. The lowest BCUT2D eigenvalue weighted by atomic mass is 10.7. The Bertz CT molecular complexity index is 171. The summed E-state index contributed by atoms with van der Waals surface area (Å²) in [5.41, 5.74) is 0. The molecule has 0 saturated heterocycles. The molecule has 1 radical (unpaired) electrons. The Morgan fingerprint density at radius 2 is 2.62 bits per heavy atom. The van der Waals surface area contributed by atoms with Gasteiger partial charge in [0.15, 0.2) is 5.16 Å². The second-order valence-electron chi connectivity index (χ2n) is 1.50. The Morgan fingerprint density at radius 3 is 2.88 bits per heavy atom. The molecule has 0 fully saturated rings. The summed E-state index contributed by atoms with van der Waals surface area (Å²) in [4.78, 5) is 3.87. The van der Waals surface area contributed by atoms with Gasteiger partial charge in [-0.1, -0.05) is 0 Å². The molecule has 0 saturated carbocycles. The lowest BCUT2D eigenvalue weighted by Crippen LogP contribution is -1.90. The van der Waals surface area contributed by atoms with Crippen LogP contribution in [0.15, 0.2) is 17.6 Å². The summed E-state index contributed by atoms with van der Waals surface area (Å²) in [6.07, 6.45) is 3.59. The summed E-state index contributed by atoms with van der Waals surface area (Å²) >= 11 is 4.84. The van der Waals surface area contributed by atoms with Gasteiger partial charge in [-0.15, -0.1) is 0 Å². The molecular formula is C5H7N2S. The number of aryl methyl sites for hydroxylation is 1. The first kappa shape index (κ1) is 5.56. The predicted molar refractivity (Wildman–Crippen MR) is 33.8 cm³/mol. The van der Waals surface area contributed by atoms with E-state index in [0.29, 0.717) is 5.16 Å². The number of rotatable bonds is 1. The van der Waals surface area contributed by atoms with Gasteiger partial charge in [-0.05, 0) is 19.6 Å². The second-order valence-corrected chi connectivity index (χ2v) is 1.86. The minimum Gasteiger partial charge on any atom is -0.323 e. The van der Waals surface area contributed by atoms with Gasteiger partial charge in [0, 0.05) is 18.9 Å². The van der Waals surface area contributed by atoms with Gasteiger partial charge in [0.2, 0.25) is 0 Å². The molecule has 1 aromatic rings. The first-order valence-electron chi connectivity index (χ1n) is 2.52. The van der Waals surface area contributed by atoms with Gasteiger partial charge in [-0.2, -0.15) is 0 Å². The van der Waals surface area contributed by atoms with Crippen molar-refractivity contribution in [3.8, 4) is 0 Å². The molecule has 0 atom stereocenters. The van der Waals surface area contributed by atoms with E-state index in [1.807, 2.05) is 17.7 Å². The third-order valence-electron chi connectivity index (χ3n) is 1.02. The van der Waals surface area contributed by atoms with Crippen LogP contribution in [0.4, 0.5) is 0 Å². The van der Waals surface area contributed by atoms with Crippen LogP contribution in [0.3, 0.4) is 0 Å². The van der Waals surface area contributed by atoms with E-state index in [1.165, 1.54) is 0 Å². The molecule has 0 aliphatic rings. The second kappa shape index (κ2) is 2.13. The van der Waals surface area contributed by atoms with Crippen molar-refractivity contribution in [2.75, 3.05) is 0 Å². The lowest BCUT2D eigenvalue weighted by molar-refractivity contribution is 0.683. The Kier molecular flexibility index (Phi) is 1.48. The lowest BCUT2D eigenvalue weighted by Gasteiger charge is -1.93. The maximum absolute atomic E-state index is 4.84. The summed E-state index contributed by atoms with van der Waals surface area (Å²) < 4.78 is 1.91. The maximum atomic E-state index is 4.84. The summed E-state index contributed by atoms with van der Waals surface area (Å²) in [6.45, 7) is 2.95. The molecule has 1 rings (SSSR count). The van der Waals surface area contributed by atoms with Crippen molar-refractivity contribution < 1.29 is 0 Å². The van der Waals surface area contributed by atoms with E-state index in [0.717, 1.165) is 6.54 Å². The quantitative estimate of drug-likeness (QED) is 0.558. The van der Waals surface area contributed by atoms with Gasteiger partial charge in [0.05, 0.1) is 0 Å². The molecule has 0 aliphatic carbocycles. The van der Waals surface area contributed by atoms with Crippen LogP contribution in [0.1, 0.15) is 6.92 Å². The van der Waals surface area contributed by atoms with E-state index in [9.17, 15) is 0 Å². The summed E-state index contributed by atoms with van der Waals surface area (Å²) in [5.74, 6) is 0. The Labute approximate surface area is 54.0 Å². The third kappa shape index (κ3) is 0.816. The highest BCUT2D eigenvalue weighted by Gasteiger charge is 1.91. The van der Waals surface area contributed by atoms with Crippen LogP contribution < -0.4 is 0 Å². The van der Waals surface area contributed by atoms with Crippen LogP contribution in [0.2, 0.25) is 0 Å². The monoisotopic (exact) mass is 127 g/mol. The highest BCUT2D eigenvalue weighted by Crippen LogP contribution is 1.99. The van der Waals surface area contributed by atoms with Crippen LogP contribution in [0, 0.1) is 0 Å². The third-order valence-corrected chi connectivity index (χ3v) is 1.36. The van der Waals surface area contributed by atoms with Crippen molar-refractivity contribution >= 4 is 12.6 Å². The molecule has 3 heteroatoms. The van der Waals surface area contributed by atoms with Crippen molar-refractivity contribution in [3.63, 3.8) is 0 Å². The van der Waals surface area contributed by atoms with Gasteiger partial charge in [0.25, 0.3) is 0 Å². The van der Waals surface area contributed by atoms with Crippen molar-refractivity contribution in [2.45, 2.75) is 18.6 Å². The highest BCUT2D eigenvalue weighted by atomic mass is 32.1. The molecule has 0 aromatic carbocycles. The van der Waals surface area contributed by atoms with Crippen molar-refractivity contribution in [1.29, 1.82) is 0 Å². The number of hydrogen-bond acceptors (Lipinski definition) is 1. The predicted octanol–water partition coefficient (Wildman–Crippen LogP) is 1.46. The fraction of sp³-hybridized carbons (Fsp3) is 0.400. The fourth-order valence-corrected chi connectivity index (χ4v) is 0.807. The number of hydrogen-bond donors (Lipinski definition) is 0. The van der Waals surface area contributed by atoms with E-state index >= 15 is 0 Å². The molecule has 0 bridgehead atoms. The zero-order valence-corrected chi connectivity index (χ0v) is 5.48. The van der Waals surface area contributed by atoms with Crippen LogP contribution in [0.5, 0.6) is 0 Å². The number of aromatic nitrogens is 2. The molecule has 2 nitrogen and oxygen atoms in total. The molecule has 0 N–H and O–H groups in total. The minimum absolute atomic E-state index is 0.674. The highest BCUT2D eigenvalue weighted by molar-refractivity contribution is 7.80. The average Bonchev–Trinajstić information content (AvgIpc) is 2.14. The first-order chi connectivity index (χ1) is 3.84. The molecule has 8 heavy (non-hydrogen) atoms. The van der Waals surface area contributed by atoms with Gasteiger partial charge < -0.3 is 4.57 Å². The fourth-order valence-electron chi connectivity index (χ4n) is 0.556. The Morgan fingerprint density at radius 1 is 1.88 bits per heavy atom. The molecule has 1 aromatic heterocycles. The smallest absolute Gasteiger partial charge is 0.199 e. The van der Waals surface area contributed by atoms with Crippen molar-refractivity contribution in [1.82, 2.24) is 9.55 Å². The maximum Gasteiger partial charge on any atom is 0.199 e. The number of nitrogens with zero attached hydrogens (tertiary/aromatic N) is 2. The Balaban J connectivity index is 2.92. The molecule has 43 valence electrons. The molecule has 1 heterocycles. The zero-order valence-electron chi connectivity index (χ0n) is 4.66. The van der Waals surface area contributed by atoms with Gasteiger partial charge in [-0.3, -0.25) is 0 Å². The van der Waals surface area contributed by atoms with E-state index in [4.69, 9.17) is 12.6 Å². The SMILES string of the molecule is CCn1ccnc1[S]. The van der Waals surface area contributed by atoms with E-state index in [2.05, 4.69) is 4.98 Å².